The predicted octanol–water partition coefficient (Wildman–Crippen LogP) is 2.86. The summed E-state index contributed by atoms with van der Waals surface area (Å²) in [6.07, 6.45) is -2.28. The standard InChI is InChI=1S/C9H9F2/c1-7(9(10)11)8-5-3-2-4-6-8/h3-7,9H,1H3. The quantitative estimate of drug-likeness (QED) is 0.616. The molecule has 1 radical (unpaired) electrons. The largest absolute Gasteiger partial charge is 0.245 e. The van der Waals surface area contributed by atoms with Crippen LogP contribution in [0.1, 0.15) is 18.4 Å². The maximum atomic E-state index is 12.1. The van der Waals surface area contributed by atoms with Crippen molar-refractivity contribution >= 4 is 0 Å². The number of rotatable bonds is 2. The number of benzene rings is 1. The molecular formula is C9H9F2. The van der Waals surface area contributed by atoms with Gasteiger partial charge in [0.2, 0.25) is 6.43 Å². The second kappa shape index (κ2) is 3.46. The molecule has 1 unspecified atom stereocenters. The average molecular weight is 155 g/mol. The van der Waals surface area contributed by atoms with E-state index >= 15 is 0 Å². The van der Waals surface area contributed by atoms with Gasteiger partial charge in [0, 0.05) is 5.92 Å². The van der Waals surface area contributed by atoms with Gasteiger partial charge in [0.05, 0.1) is 0 Å². The van der Waals surface area contributed by atoms with Gasteiger partial charge in [-0.15, -0.1) is 0 Å². The molecule has 0 bridgehead atoms. The molecule has 1 aromatic carbocycles. The summed E-state index contributed by atoms with van der Waals surface area (Å²) in [5.41, 5.74) is 0.666. The van der Waals surface area contributed by atoms with Crippen molar-refractivity contribution in [3.05, 3.63) is 35.9 Å². The Morgan fingerprint density at radius 1 is 1.27 bits per heavy atom. The molecule has 0 amide bonds. The molecule has 0 fully saturated rings. The Bertz CT molecular complexity index is 206. The molecule has 1 aromatic rings. The van der Waals surface area contributed by atoms with Crippen LogP contribution in [0, 0.1) is 6.07 Å². The molecule has 0 N–H and O–H groups in total. The van der Waals surface area contributed by atoms with E-state index in [4.69, 9.17) is 0 Å². The smallest absolute Gasteiger partial charge is 0.210 e. The van der Waals surface area contributed by atoms with Crippen LogP contribution in [0.4, 0.5) is 8.78 Å². The van der Waals surface area contributed by atoms with E-state index in [1.165, 1.54) is 6.92 Å². The molecule has 11 heavy (non-hydrogen) atoms. The van der Waals surface area contributed by atoms with Crippen molar-refractivity contribution in [1.29, 1.82) is 0 Å². The molecule has 0 aromatic heterocycles. The van der Waals surface area contributed by atoms with Gasteiger partial charge in [-0.1, -0.05) is 31.2 Å². The average Bonchev–Trinajstić information content (AvgIpc) is 2.05. The molecule has 1 rings (SSSR count). The monoisotopic (exact) mass is 155 g/mol. The van der Waals surface area contributed by atoms with Crippen LogP contribution in [0.15, 0.2) is 24.3 Å². The third kappa shape index (κ3) is 2.00. The molecule has 0 saturated heterocycles. The maximum absolute atomic E-state index is 12.1. The number of hydrogen-bond donors (Lipinski definition) is 0. The maximum Gasteiger partial charge on any atom is 0.245 e. The van der Waals surface area contributed by atoms with Gasteiger partial charge in [-0.05, 0) is 11.6 Å². The van der Waals surface area contributed by atoms with Crippen molar-refractivity contribution in [2.75, 3.05) is 0 Å². The fourth-order valence-corrected chi connectivity index (χ4v) is 0.849. The van der Waals surface area contributed by atoms with Crippen LogP contribution in [-0.2, 0) is 0 Å². The van der Waals surface area contributed by atoms with Gasteiger partial charge in [-0.2, -0.15) is 0 Å². The first-order valence-corrected chi connectivity index (χ1v) is 3.46. The van der Waals surface area contributed by atoms with Gasteiger partial charge >= 0.3 is 0 Å². The second-order valence-corrected chi connectivity index (χ2v) is 2.46. The molecule has 0 aliphatic rings. The Balaban J connectivity index is 2.77. The highest BCUT2D eigenvalue weighted by molar-refractivity contribution is 5.18. The van der Waals surface area contributed by atoms with Crippen molar-refractivity contribution in [3.8, 4) is 0 Å². The van der Waals surface area contributed by atoms with Crippen LogP contribution in [0.3, 0.4) is 0 Å². The molecule has 0 aliphatic carbocycles. The van der Waals surface area contributed by atoms with Gasteiger partial charge in [-0.25, -0.2) is 8.78 Å². The molecule has 0 spiro atoms. The minimum absolute atomic E-state index is 0.666. The highest BCUT2D eigenvalue weighted by Gasteiger charge is 2.15. The van der Waals surface area contributed by atoms with Gasteiger partial charge in [0.25, 0.3) is 0 Å². The topological polar surface area (TPSA) is 0 Å². The zero-order valence-electron chi connectivity index (χ0n) is 6.22. The Morgan fingerprint density at radius 2 is 1.82 bits per heavy atom. The fraction of sp³-hybridized carbons (Fsp3) is 0.333. The Labute approximate surface area is 64.9 Å². The molecule has 2 heteroatoms. The van der Waals surface area contributed by atoms with E-state index in [0.29, 0.717) is 5.56 Å². The van der Waals surface area contributed by atoms with E-state index in [9.17, 15) is 8.78 Å². The lowest BCUT2D eigenvalue weighted by Crippen LogP contribution is -2.03. The van der Waals surface area contributed by atoms with E-state index in [1.54, 1.807) is 24.3 Å². The lowest BCUT2D eigenvalue weighted by Gasteiger charge is -2.08. The van der Waals surface area contributed by atoms with Crippen LogP contribution < -0.4 is 0 Å². The first kappa shape index (κ1) is 8.18. The van der Waals surface area contributed by atoms with Gasteiger partial charge in [0.15, 0.2) is 0 Å². The lowest BCUT2D eigenvalue weighted by atomic mass is 10.0. The van der Waals surface area contributed by atoms with E-state index in [2.05, 4.69) is 6.07 Å². The van der Waals surface area contributed by atoms with E-state index in [0.717, 1.165) is 0 Å². The van der Waals surface area contributed by atoms with Crippen LogP contribution >= 0.6 is 0 Å². The van der Waals surface area contributed by atoms with Crippen LogP contribution in [0.2, 0.25) is 0 Å². The third-order valence-corrected chi connectivity index (χ3v) is 1.65. The zero-order valence-corrected chi connectivity index (χ0v) is 6.22. The van der Waals surface area contributed by atoms with Crippen molar-refractivity contribution in [3.63, 3.8) is 0 Å². The molecular weight excluding hydrogens is 146 g/mol. The van der Waals surface area contributed by atoms with Crippen molar-refractivity contribution in [1.82, 2.24) is 0 Å². The first-order chi connectivity index (χ1) is 5.22. The fourth-order valence-electron chi connectivity index (χ4n) is 0.849. The zero-order chi connectivity index (χ0) is 8.27. The first-order valence-electron chi connectivity index (χ1n) is 3.46. The SMILES string of the molecule is CC(c1cc[c]cc1)C(F)F. The molecule has 59 valence electrons. The highest BCUT2D eigenvalue weighted by Crippen LogP contribution is 2.21. The Hall–Kier alpha value is -0.920. The summed E-state index contributed by atoms with van der Waals surface area (Å²) < 4.78 is 24.2. The van der Waals surface area contributed by atoms with Crippen LogP contribution in [-0.4, -0.2) is 6.43 Å². The minimum Gasteiger partial charge on any atom is -0.210 e. The number of alkyl halides is 2. The summed E-state index contributed by atoms with van der Waals surface area (Å²) in [7, 11) is 0. The minimum atomic E-state index is -2.28. The molecule has 0 heterocycles. The normalized spacial score (nSPS) is 13.5. The van der Waals surface area contributed by atoms with Gasteiger partial charge < -0.3 is 0 Å². The van der Waals surface area contributed by atoms with E-state index in [1.807, 2.05) is 0 Å². The Kier molecular flexibility index (Phi) is 2.58. The third-order valence-electron chi connectivity index (χ3n) is 1.65. The molecule has 0 saturated carbocycles. The van der Waals surface area contributed by atoms with Gasteiger partial charge in [-0.3, -0.25) is 0 Å². The summed E-state index contributed by atoms with van der Waals surface area (Å²) in [6, 6.07) is 9.40. The summed E-state index contributed by atoms with van der Waals surface area (Å²) in [4.78, 5) is 0. The van der Waals surface area contributed by atoms with Crippen molar-refractivity contribution in [2.24, 2.45) is 0 Å². The lowest BCUT2D eigenvalue weighted by molar-refractivity contribution is 0.121. The Morgan fingerprint density at radius 3 is 2.27 bits per heavy atom. The molecule has 0 nitrogen and oxygen atoms in total. The van der Waals surface area contributed by atoms with E-state index in [-0.39, 0.29) is 0 Å². The summed E-state index contributed by atoms with van der Waals surface area (Å²) >= 11 is 0. The van der Waals surface area contributed by atoms with E-state index < -0.39 is 12.3 Å². The second-order valence-electron chi connectivity index (χ2n) is 2.46. The summed E-state index contributed by atoms with van der Waals surface area (Å²) in [5, 5.41) is 0. The molecule has 0 aliphatic heterocycles. The van der Waals surface area contributed by atoms with Crippen molar-refractivity contribution < 1.29 is 8.78 Å². The summed E-state index contributed by atoms with van der Waals surface area (Å²) in [6.45, 7) is 1.51. The summed E-state index contributed by atoms with van der Waals surface area (Å²) in [5.74, 6) is -0.676. The number of halogens is 2. The predicted molar refractivity (Wildman–Crippen MR) is 39.7 cm³/mol. The van der Waals surface area contributed by atoms with Crippen molar-refractivity contribution in [2.45, 2.75) is 19.3 Å². The molecule has 1 atom stereocenters. The van der Waals surface area contributed by atoms with Crippen LogP contribution in [0.25, 0.3) is 0 Å². The highest BCUT2D eigenvalue weighted by atomic mass is 19.3. The number of hydrogen-bond acceptors (Lipinski definition) is 0. The van der Waals surface area contributed by atoms with Gasteiger partial charge in [0.1, 0.15) is 0 Å². The van der Waals surface area contributed by atoms with Crippen LogP contribution in [0.5, 0.6) is 0 Å².